The van der Waals surface area contributed by atoms with E-state index in [0.29, 0.717) is 16.8 Å². The zero-order chi connectivity index (χ0) is 16.8. The van der Waals surface area contributed by atoms with Crippen LogP contribution in [0.1, 0.15) is 22.3 Å². The molecule has 112 valence electrons. The number of hydrogen-bond donors (Lipinski definition) is 1. The molecule has 0 aliphatic heterocycles. The molecule has 0 heterocycles. The van der Waals surface area contributed by atoms with Crippen LogP contribution in [-0.2, 0) is 4.79 Å². The number of carbonyl (C=O) groups excluding carboxylic acids is 1. The maximum atomic E-state index is 12.3. The topological polar surface area (TPSA) is 76.7 Å². The Labute approximate surface area is 135 Å². The molecule has 2 aromatic carbocycles. The Bertz CT molecular complexity index is 850. The normalized spacial score (nSPS) is 10.5. The zero-order valence-corrected chi connectivity index (χ0v) is 12.9. The summed E-state index contributed by atoms with van der Waals surface area (Å²) in [5.41, 5.74) is 3.95. The number of amides is 1. The first-order valence-electron chi connectivity index (χ1n) is 7.04. The van der Waals surface area contributed by atoms with Crippen LogP contribution < -0.4 is 5.32 Å². The molecule has 1 amide bonds. The Kier molecular flexibility index (Phi) is 4.92. The highest BCUT2D eigenvalue weighted by Crippen LogP contribution is 2.17. The van der Waals surface area contributed by atoms with Crippen molar-refractivity contribution in [2.45, 2.75) is 13.8 Å². The van der Waals surface area contributed by atoms with Gasteiger partial charge >= 0.3 is 0 Å². The van der Waals surface area contributed by atoms with Gasteiger partial charge in [-0.05, 0) is 49.2 Å². The van der Waals surface area contributed by atoms with Gasteiger partial charge in [0.15, 0.2) is 0 Å². The van der Waals surface area contributed by atoms with Crippen molar-refractivity contribution < 1.29 is 4.79 Å². The molecule has 0 bridgehead atoms. The van der Waals surface area contributed by atoms with Crippen molar-refractivity contribution in [3.63, 3.8) is 0 Å². The highest BCUT2D eigenvalue weighted by Gasteiger charge is 2.10. The van der Waals surface area contributed by atoms with E-state index in [1.165, 1.54) is 6.08 Å². The van der Waals surface area contributed by atoms with E-state index in [1.807, 2.05) is 44.2 Å². The van der Waals surface area contributed by atoms with Crippen molar-refractivity contribution in [1.29, 1.82) is 10.5 Å². The summed E-state index contributed by atoms with van der Waals surface area (Å²) in [5, 5.41) is 20.7. The van der Waals surface area contributed by atoms with Gasteiger partial charge in [0.05, 0.1) is 11.6 Å². The average molecular weight is 301 g/mol. The lowest BCUT2D eigenvalue weighted by molar-refractivity contribution is -0.112. The summed E-state index contributed by atoms with van der Waals surface area (Å²) in [6, 6.07) is 16.3. The molecule has 0 aromatic heterocycles. The number of carbonyl (C=O) groups is 1. The molecule has 0 atom stereocenters. The molecule has 0 saturated heterocycles. The SMILES string of the molecule is Cc1ccc(NC(=O)/C(C#N)=C/c2ccc(C#N)cc2)c(C)c1. The highest BCUT2D eigenvalue weighted by molar-refractivity contribution is 6.09. The number of nitrogens with one attached hydrogen (secondary N) is 1. The quantitative estimate of drug-likeness (QED) is 0.693. The van der Waals surface area contributed by atoms with Crippen LogP contribution in [0, 0.1) is 36.5 Å². The first-order valence-corrected chi connectivity index (χ1v) is 7.04. The first-order chi connectivity index (χ1) is 11.0. The van der Waals surface area contributed by atoms with Crippen molar-refractivity contribution in [3.05, 3.63) is 70.3 Å². The Morgan fingerprint density at radius 3 is 2.35 bits per heavy atom. The van der Waals surface area contributed by atoms with Gasteiger partial charge in [0.25, 0.3) is 5.91 Å². The molecule has 1 N–H and O–H groups in total. The second-order valence-electron chi connectivity index (χ2n) is 5.18. The van der Waals surface area contributed by atoms with Crippen molar-refractivity contribution in [1.82, 2.24) is 0 Å². The maximum absolute atomic E-state index is 12.3. The smallest absolute Gasteiger partial charge is 0.266 e. The number of anilines is 1. The van der Waals surface area contributed by atoms with E-state index in [2.05, 4.69) is 5.32 Å². The molecule has 0 aliphatic rings. The van der Waals surface area contributed by atoms with Gasteiger partial charge in [-0.2, -0.15) is 10.5 Å². The average Bonchev–Trinajstić information content (AvgIpc) is 2.55. The predicted octanol–water partition coefficient (Wildman–Crippen LogP) is 3.72. The molecule has 4 nitrogen and oxygen atoms in total. The fourth-order valence-electron chi connectivity index (χ4n) is 2.11. The molecule has 0 radical (unpaired) electrons. The molecule has 2 aromatic rings. The fraction of sp³-hybridized carbons (Fsp3) is 0.105. The summed E-state index contributed by atoms with van der Waals surface area (Å²) in [7, 11) is 0. The van der Waals surface area contributed by atoms with E-state index in [4.69, 9.17) is 5.26 Å². The minimum Gasteiger partial charge on any atom is -0.321 e. The molecule has 0 spiro atoms. The molecule has 0 saturated carbocycles. The second kappa shape index (κ2) is 7.06. The highest BCUT2D eigenvalue weighted by atomic mass is 16.1. The van der Waals surface area contributed by atoms with E-state index in [9.17, 15) is 10.1 Å². The Morgan fingerprint density at radius 1 is 1.09 bits per heavy atom. The van der Waals surface area contributed by atoms with E-state index in [1.54, 1.807) is 24.3 Å². The van der Waals surface area contributed by atoms with Gasteiger partial charge in [-0.15, -0.1) is 0 Å². The third-order valence-corrected chi connectivity index (χ3v) is 3.35. The van der Waals surface area contributed by atoms with E-state index < -0.39 is 5.91 Å². The van der Waals surface area contributed by atoms with Gasteiger partial charge in [-0.1, -0.05) is 29.8 Å². The molecule has 2 rings (SSSR count). The minimum atomic E-state index is -0.455. The maximum Gasteiger partial charge on any atom is 0.266 e. The molecule has 23 heavy (non-hydrogen) atoms. The fourth-order valence-corrected chi connectivity index (χ4v) is 2.11. The largest absolute Gasteiger partial charge is 0.321 e. The molecule has 0 unspecified atom stereocenters. The van der Waals surface area contributed by atoms with Crippen LogP contribution >= 0.6 is 0 Å². The Morgan fingerprint density at radius 2 is 1.78 bits per heavy atom. The van der Waals surface area contributed by atoms with Crippen molar-refractivity contribution in [2.75, 3.05) is 5.32 Å². The second-order valence-corrected chi connectivity index (χ2v) is 5.18. The van der Waals surface area contributed by atoms with Gasteiger partial charge in [0.1, 0.15) is 11.6 Å². The van der Waals surface area contributed by atoms with Gasteiger partial charge in [0.2, 0.25) is 0 Å². The van der Waals surface area contributed by atoms with Crippen LogP contribution in [0.5, 0.6) is 0 Å². The molecule has 0 aliphatic carbocycles. The van der Waals surface area contributed by atoms with Gasteiger partial charge in [-0.3, -0.25) is 4.79 Å². The lowest BCUT2D eigenvalue weighted by Gasteiger charge is -2.08. The van der Waals surface area contributed by atoms with Gasteiger partial charge < -0.3 is 5.32 Å². The molecular formula is C19H15N3O. The molecular weight excluding hydrogens is 286 g/mol. The molecule has 0 fully saturated rings. The number of nitriles is 2. The summed E-state index contributed by atoms with van der Waals surface area (Å²) in [5.74, 6) is -0.455. The third kappa shape index (κ3) is 4.06. The van der Waals surface area contributed by atoms with E-state index >= 15 is 0 Å². The Balaban J connectivity index is 2.22. The van der Waals surface area contributed by atoms with Gasteiger partial charge in [0, 0.05) is 5.69 Å². The van der Waals surface area contributed by atoms with Crippen LogP contribution in [-0.4, -0.2) is 5.91 Å². The standard InChI is InChI=1S/C19H15N3O/c1-13-3-8-18(14(2)9-13)22-19(23)17(12-21)10-15-4-6-16(11-20)7-5-15/h3-10H,1-2H3,(H,22,23)/b17-10+. The predicted molar refractivity (Wildman–Crippen MR) is 89.3 cm³/mol. The van der Waals surface area contributed by atoms with Crippen LogP contribution in [0.3, 0.4) is 0 Å². The van der Waals surface area contributed by atoms with E-state index in [-0.39, 0.29) is 5.57 Å². The summed E-state index contributed by atoms with van der Waals surface area (Å²) < 4.78 is 0. The van der Waals surface area contributed by atoms with Gasteiger partial charge in [-0.25, -0.2) is 0 Å². The lowest BCUT2D eigenvalue weighted by Crippen LogP contribution is -2.14. The first kappa shape index (κ1) is 16.0. The molecule has 4 heteroatoms. The summed E-state index contributed by atoms with van der Waals surface area (Å²) in [4.78, 5) is 12.3. The van der Waals surface area contributed by atoms with Crippen molar-refractivity contribution >= 4 is 17.7 Å². The van der Waals surface area contributed by atoms with Crippen molar-refractivity contribution in [2.24, 2.45) is 0 Å². The number of nitrogens with zero attached hydrogens (tertiary/aromatic N) is 2. The Hall–Kier alpha value is -3.37. The van der Waals surface area contributed by atoms with Crippen LogP contribution in [0.15, 0.2) is 48.0 Å². The number of rotatable bonds is 3. The van der Waals surface area contributed by atoms with Crippen LogP contribution in [0.2, 0.25) is 0 Å². The summed E-state index contributed by atoms with van der Waals surface area (Å²) in [6.45, 7) is 3.88. The van der Waals surface area contributed by atoms with E-state index in [0.717, 1.165) is 11.1 Å². The summed E-state index contributed by atoms with van der Waals surface area (Å²) in [6.07, 6.45) is 1.50. The summed E-state index contributed by atoms with van der Waals surface area (Å²) >= 11 is 0. The number of aryl methyl sites for hydroxylation is 2. The lowest BCUT2D eigenvalue weighted by atomic mass is 10.1. The minimum absolute atomic E-state index is 0.00897. The number of hydrogen-bond acceptors (Lipinski definition) is 3. The third-order valence-electron chi connectivity index (χ3n) is 3.35. The van der Waals surface area contributed by atoms with Crippen LogP contribution in [0.4, 0.5) is 5.69 Å². The van der Waals surface area contributed by atoms with Crippen molar-refractivity contribution in [3.8, 4) is 12.1 Å². The monoisotopic (exact) mass is 301 g/mol. The zero-order valence-electron chi connectivity index (χ0n) is 12.9. The van der Waals surface area contributed by atoms with Crippen LogP contribution in [0.25, 0.3) is 6.08 Å². The number of benzene rings is 2.